The molecule has 1 heterocycles. The van der Waals surface area contributed by atoms with Gasteiger partial charge in [0, 0.05) is 17.5 Å². The van der Waals surface area contributed by atoms with Gasteiger partial charge in [0.2, 0.25) is 0 Å². The van der Waals surface area contributed by atoms with E-state index in [4.69, 9.17) is 10.2 Å². The predicted octanol–water partition coefficient (Wildman–Crippen LogP) is 1.02. The van der Waals surface area contributed by atoms with E-state index in [1.165, 1.54) is 18.2 Å². The summed E-state index contributed by atoms with van der Waals surface area (Å²) in [7, 11) is 0. The second-order valence-electron chi connectivity index (χ2n) is 4.17. The van der Waals surface area contributed by atoms with Gasteiger partial charge in [-0.05, 0) is 30.7 Å². The molecule has 2 aromatic rings. The van der Waals surface area contributed by atoms with Crippen LogP contribution in [0.5, 0.6) is 5.75 Å². The Labute approximate surface area is 108 Å². The molecule has 2 rings (SSSR count). The molecule has 1 atom stereocenters. The van der Waals surface area contributed by atoms with Crippen LogP contribution >= 0.6 is 0 Å². The highest BCUT2D eigenvalue weighted by Crippen LogP contribution is 2.28. The Morgan fingerprint density at radius 1 is 1.37 bits per heavy atom. The van der Waals surface area contributed by atoms with E-state index in [-0.39, 0.29) is 24.3 Å². The van der Waals surface area contributed by atoms with Crippen LogP contribution in [0.3, 0.4) is 0 Å². The van der Waals surface area contributed by atoms with Gasteiger partial charge in [-0.1, -0.05) is 0 Å². The monoisotopic (exact) mass is 263 g/mol. The van der Waals surface area contributed by atoms with E-state index in [2.05, 4.69) is 0 Å². The topological polar surface area (TPSA) is 114 Å². The summed E-state index contributed by atoms with van der Waals surface area (Å²) in [5, 5.41) is 19.1. The number of hydrogen-bond acceptors (Lipinski definition) is 5. The van der Waals surface area contributed by atoms with Crippen LogP contribution in [-0.2, 0) is 4.79 Å². The molecule has 1 aromatic heterocycles. The van der Waals surface area contributed by atoms with Crippen molar-refractivity contribution in [2.75, 3.05) is 6.54 Å². The van der Waals surface area contributed by atoms with Crippen LogP contribution in [0, 0.1) is 0 Å². The van der Waals surface area contributed by atoms with E-state index in [1.54, 1.807) is 0 Å². The lowest BCUT2D eigenvalue weighted by Crippen LogP contribution is -2.18. The number of carboxylic acids is 1. The molecular formula is C13H13NO5. The number of carboxylic acid groups (broad SMARTS) is 1. The van der Waals surface area contributed by atoms with E-state index >= 15 is 0 Å². The molecular weight excluding hydrogens is 250 g/mol. The minimum Gasteiger partial charge on any atom is -0.508 e. The normalized spacial score (nSPS) is 12.5. The molecule has 1 aromatic carbocycles. The van der Waals surface area contributed by atoms with Crippen LogP contribution in [0.2, 0.25) is 0 Å². The summed E-state index contributed by atoms with van der Waals surface area (Å²) in [5.41, 5.74) is 5.26. The molecule has 6 nitrogen and oxygen atoms in total. The lowest BCUT2D eigenvalue weighted by atomic mass is 9.93. The van der Waals surface area contributed by atoms with Gasteiger partial charge in [0.25, 0.3) is 0 Å². The number of carbonyl (C=O) groups is 1. The number of aliphatic carboxylic acids is 1. The first-order valence-corrected chi connectivity index (χ1v) is 5.72. The van der Waals surface area contributed by atoms with E-state index in [0.717, 1.165) is 6.07 Å². The molecule has 0 spiro atoms. The van der Waals surface area contributed by atoms with Crippen molar-refractivity contribution in [1.82, 2.24) is 0 Å². The van der Waals surface area contributed by atoms with Crippen molar-refractivity contribution in [2.24, 2.45) is 5.73 Å². The third-order valence-corrected chi connectivity index (χ3v) is 2.89. The number of aromatic hydroxyl groups is 1. The smallest absolute Gasteiger partial charge is 0.336 e. The molecule has 0 saturated carbocycles. The van der Waals surface area contributed by atoms with E-state index in [1.807, 2.05) is 0 Å². The predicted molar refractivity (Wildman–Crippen MR) is 68.2 cm³/mol. The standard InChI is InChI=1S/C13H13NO5/c14-4-3-9(13(17)18)10-6-12(16)19-11-5-7(15)1-2-8(10)11/h1-2,5-6,9,15H,3-4,14H2,(H,17,18)/t9-/m0/s1. The van der Waals surface area contributed by atoms with E-state index < -0.39 is 17.5 Å². The van der Waals surface area contributed by atoms with Crippen LogP contribution in [0.1, 0.15) is 17.9 Å². The Balaban J connectivity index is 2.70. The minimum atomic E-state index is -1.05. The average molecular weight is 263 g/mol. The first-order valence-electron chi connectivity index (χ1n) is 5.72. The quantitative estimate of drug-likeness (QED) is 0.709. The van der Waals surface area contributed by atoms with E-state index in [9.17, 15) is 19.8 Å². The summed E-state index contributed by atoms with van der Waals surface area (Å²) < 4.78 is 4.95. The van der Waals surface area contributed by atoms with Crippen molar-refractivity contribution in [3.05, 3.63) is 40.2 Å². The van der Waals surface area contributed by atoms with Gasteiger partial charge in [0.1, 0.15) is 11.3 Å². The van der Waals surface area contributed by atoms with Gasteiger partial charge in [-0.2, -0.15) is 0 Å². The molecule has 100 valence electrons. The number of benzene rings is 1. The molecule has 6 heteroatoms. The summed E-state index contributed by atoms with van der Waals surface area (Å²) in [5.74, 6) is -1.98. The van der Waals surface area contributed by atoms with Crippen molar-refractivity contribution < 1.29 is 19.4 Å². The number of hydrogen-bond donors (Lipinski definition) is 3. The number of nitrogens with two attached hydrogens (primary N) is 1. The Kier molecular flexibility index (Phi) is 3.52. The van der Waals surface area contributed by atoms with Crippen LogP contribution in [0.25, 0.3) is 11.0 Å². The largest absolute Gasteiger partial charge is 0.508 e. The molecule has 0 radical (unpaired) electrons. The van der Waals surface area contributed by atoms with Crippen molar-refractivity contribution in [3.63, 3.8) is 0 Å². The van der Waals surface area contributed by atoms with E-state index in [0.29, 0.717) is 10.9 Å². The fourth-order valence-corrected chi connectivity index (χ4v) is 2.04. The third-order valence-electron chi connectivity index (χ3n) is 2.89. The molecule has 0 unspecified atom stereocenters. The highest BCUT2D eigenvalue weighted by atomic mass is 16.4. The number of phenolic OH excluding ortho intramolecular Hbond substituents is 1. The van der Waals surface area contributed by atoms with Gasteiger partial charge < -0.3 is 20.4 Å². The number of phenols is 1. The molecule has 4 N–H and O–H groups in total. The molecule has 0 saturated heterocycles. The highest BCUT2D eigenvalue weighted by molar-refractivity contribution is 5.88. The van der Waals surface area contributed by atoms with Gasteiger partial charge in [-0.25, -0.2) is 4.79 Å². The second-order valence-corrected chi connectivity index (χ2v) is 4.17. The molecule has 0 fully saturated rings. The average Bonchev–Trinajstić information content (AvgIpc) is 2.34. The summed E-state index contributed by atoms with van der Waals surface area (Å²) in [4.78, 5) is 22.7. The number of fused-ring (bicyclic) bond motifs is 1. The van der Waals surface area contributed by atoms with Crippen LogP contribution < -0.4 is 11.4 Å². The van der Waals surface area contributed by atoms with Crippen molar-refractivity contribution in [3.8, 4) is 5.75 Å². The van der Waals surface area contributed by atoms with Crippen molar-refractivity contribution in [1.29, 1.82) is 0 Å². The zero-order chi connectivity index (χ0) is 14.0. The second kappa shape index (κ2) is 5.11. The third kappa shape index (κ3) is 2.58. The fraction of sp³-hybridized carbons (Fsp3) is 0.231. The zero-order valence-corrected chi connectivity index (χ0v) is 10.00. The molecule has 19 heavy (non-hydrogen) atoms. The Hall–Kier alpha value is -2.34. The van der Waals surface area contributed by atoms with Gasteiger partial charge in [-0.3, -0.25) is 4.79 Å². The summed E-state index contributed by atoms with van der Waals surface area (Å²) >= 11 is 0. The maximum absolute atomic E-state index is 11.5. The first-order chi connectivity index (χ1) is 9.02. The van der Waals surface area contributed by atoms with Gasteiger partial charge >= 0.3 is 11.6 Å². The molecule has 0 aliphatic carbocycles. The number of rotatable bonds is 4. The zero-order valence-electron chi connectivity index (χ0n) is 10.00. The van der Waals surface area contributed by atoms with Crippen molar-refractivity contribution in [2.45, 2.75) is 12.3 Å². The SMILES string of the molecule is NCC[C@H](C(=O)O)c1cc(=O)oc2cc(O)ccc12. The molecule has 0 bridgehead atoms. The maximum Gasteiger partial charge on any atom is 0.336 e. The molecule has 0 aliphatic heterocycles. The maximum atomic E-state index is 11.5. The van der Waals surface area contributed by atoms with Crippen LogP contribution in [0.4, 0.5) is 0 Å². The van der Waals surface area contributed by atoms with Gasteiger partial charge in [0.05, 0.1) is 5.92 Å². The first kappa shape index (κ1) is 13.1. The van der Waals surface area contributed by atoms with Crippen molar-refractivity contribution >= 4 is 16.9 Å². The fourth-order valence-electron chi connectivity index (χ4n) is 2.04. The van der Waals surface area contributed by atoms with Crippen LogP contribution in [-0.4, -0.2) is 22.7 Å². The Morgan fingerprint density at radius 2 is 2.11 bits per heavy atom. The Morgan fingerprint density at radius 3 is 2.74 bits per heavy atom. The summed E-state index contributed by atoms with van der Waals surface area (Å²) in [6.45, 7) is 0.191. The molecule has 0 aliphatic rings. The molecule has 0 amide bonds. The Bertz CT molecular complexity index is 676. The van der Waals surface area contributed by atoms with Gasteiger partial charge in [-0.15, -0.1) is 0 Å². The van der Waals surface area contributed by atoms with Crippen LogP contribution in [0.15, 0.2) is 33.5 Å². The summed E-state index contributed by atoms with van der Waals surface area (Å²) in [6, 6.07) is 5.37. The summed E-state index contributed by atoms with van der Waals surface area (Å²) in [6.07, 6.45) is 0.217. The lowest BCUT2D eigenvalue weighted by Gasteiger charge is -2.13. The highest BCUT2D eigenvalue weighted by Gasteiger charge is 2.22. The minimum absolute atomic E-state index is 0.0569. The lowest BCUT2D eigenvalue weighted by molar-refractivity contribution is -0.138. The van der Waals surface area contributed by atoms with Gasteiger partial charge in [0.15, 0.2) is 0 Å².